The van der Waals surface area contributed by atoms with Gasteiger partial charge in [0.15, 0.2) is 0 Å². The fraction of sp³-hybridized carbons (Fsp3) is 0.261. The first kappa shape index (κ1) is 20.6. The second kappa shape index (κ2) is 9.91. The van der Waals surface area contributed by atoms with Crippen LogP contribution in [0.5, 0.6) is 5.75 Å². The largest absolute Gasteiger partial charge is 0.497 e. The van der Waals surface area contributed by atoms with Gasteiger partial charge in [-0.25, -0.2) is 4.79 Å². The van der Waals surface area contributed by atoms with Gasteiger partial charge in [0.25, 0.3) is 0 Å². The highest BCUT2D eigenvalue weighted by atomic mass is 16.5. The number of ether oxygens (including phenoxy) is 2. The molecule has 0 aliphatic rings. The molecule has 0 aliphatic carbocycles. The molecule has 6 heteroatoms. The van der Waals surface area contributed by atoms with Crippen LogP contribution < -0.4 is 10.1 Å². The van der Waals surface area contributed by atoms with Gasteiger partial charge in [0.1, 0.15) is 18.5 Å². The Labute approximate surface area is 169 Å². The van der Waals surface area contributed by atoms with E-state index in [4.69, 9.17) is 9.47 Å². The Morgan fingerprint density at radius 2 is 1.72 bits per heavy atom. The Hall–Kier alpha value is -3.09. The monoisotopic (exact) mass is 395 g/mol. The number of nitrogens with one attached hydrogen (secondary N) is 1. The van der Waals surface area contributed by atoms with E-state index in [2.05, 4.69) is 5.32 Å². The van der Waals surface area contributed by atoms with Crippen LogP contribution in [-0.2, 0) is 11.3 Å². The molecule has 2 unspecified atom stereocenters. The zero-order valence-electron chi connectivity index (χ0n) is 16.2. The predicted octanol–water partition coefficient (Wildman–Crippen LogP) is 3.56. The Morgan fingerprint density at radius 1 is 1.00 bits per heavy atom. The summed E-state index contributed by atoms with van der Waals surface area (Å²) in [6.07, 6.45) is -2.43. The number of methoxy groups -OCH3 is 1. The number of carbonyl (C=O) groups is 1. The number of fused-ring (bicyclic) bond motifs is 1. The van der Waals surface area contributed by atoms with E-state index in [1.807, 2.05) is 60.7 Å². The predicted molar refractivity (Wildman–Crippen MR) is 111 cm³/mol. The quantitative estimate of drug-likeness (QED) is 0.543. The van der Waals surface area contributed by atoms with Crippen LogP contribution in [0.15, 0.2) is 66.7 Å². The van der Waals surface area contributed by atoms with Crippen LogP contribution in [0.4, 0.5) is 4.79 Å². The van der Waals surface area contributed by atoms with Crippen molar-refractivity contribution in [2.75, 3.05) is 13.7 Å². The Kier molecular flexibility index (Phi) is 7.05. The molecule has 1 amide bonds. The molecule has 0 aromatic heterocycles. The molecule has 0 heterocycles. The molecule has 0 saturated heterocycles. The average Bonchev–Trinajstić information content (AvgIpc) is 2.77. The van der Waals surface area contributed by atoms with E-state index in [9.17, 15) is 15.0 Å². The van der Waals surface area contributed by atoms with Crippen molar-refractivity contribution < 1.29 is 24.5 Å². The van der Waals surface area contributed by atoms with Gasteiger partial charge in [-0.1, -0.05) is 48.5 Å². The molecule has 3 aromatic rings. The lowest BCUT2D eigenvalue weighted by Gasteiger charge is -2.19. The summed E-state index contributed by atoms with van der Waals surface area (Å²) in [6, 6.07) is 20.5. The summed E-state index contributed by atoms with van der Waals surface area (Å²) in [4.78, 5) is 11.7. The standard InChI is InChI=1S/C23H25NO5/c1-28-20-10-9-17-13-19(8-7-18(17)14-20)22(26)21(25)11-12-24-23(27)29-15-16-5-3-2-4-6-16/h2-10,13-14,21-22,25-26H,11-12,15H2,1H3,(H,24,27). The maximum Gasteiger partial charge on any atom is 0.407 e. The number of amides is 1. The molecular formula is C23H25NO5. The van der Waals surface area contributed by atoms with Crippen molar-refractivity contribution in [1.82, 2.24) is 5.32 Å². The number of benzene rings is 3. The van der Waals surface area contributed by atoms with E-state index in [0.717, 1.165) is 22.1 Å². The number of aliphatic hydroxyl groups excluding tert-OH is 2. The smallest absolute Gasteiger partial charge is 0.407 e. The second-order valence-electron chi connectivity index (χ2n) is 6.76. The molecule has 0 saturated carbocycles. The van der Waals surface area contributed by atoms with Crippen molar-refractivity contribution in [3.05, 3.63) is 77.9 Å². The molecule has 0 aliphatic heterocycles. The van der Waals surface area contributed by atoms with Crippen LogP contribution in [0.2, 0.25) is 0 Å². The molecule has 2 atom stereocenters. The van der Waals surface area contributed by atoms with Gasteiger partial charge >= 0.3 is 6.09 Å². The van der Waals surface area contributed by atoms with Gasteiger partial charge in [0.05, 0.1) is 13.2 Å². The summed E-state index contributed by atoms with van der Waals surface area (Å²) >= 11 is 0. The minimum absolute atomic E-state index is 0.180. The summed E-state index contributed by atoms with van der Waals surface area (Å²) in [5.41, 5.74) is 1.51. The average molecular weight is 395 g/mol. The third-order valence-corrected chi connectivity index (χ3v) is 4.70. The van der Waals surface area contributed by atoms with Gasteiger partial charge in [-0.2, -0.15) is 0 Å². The van der Waals surface area contributed by atoms with Crippen LogP contribution >= 0.6 is 0 Å². The molecule has 0 bridgehead atoms. The topological polar surface area (TPSA) is 88.0 Å². The molecule has 3 aromatic carbocycles. The summed E-state index contributed by atoms with van der Waals surface area (Å²) in [5.74, 6) is 0.760. The van der Waals surface area contributed by atoms with Crippen molar-refractivity contribution in [1.29, 1.82) is 0 Å². The van der Waals surface area contributed by atoms with Gasteiger partial charge in [0.2, 0.25) is 0 Å². The van der Waals surface area contributed by atoms with Crippen molar-refractivity contribution in [3.63, 3.8) is 0 Å². The molecule has 0 fully saturated rings. The third-order valence-electron chi connectivity index (χ3n) is 4.70. The molecule has 0 radical (unpaired) electrons. The van der Waals surface area contributed by atoms with Gasteiger partial charge < -0.3 is 25.0 Å². The Bertz CT molecular complexity index is 944. The van der Waals surface area contributed by atoms with Crippen LogP contribution in [-0.4, -0.2) is 36.1 Å². The number of carbonyl (C=O) groups excluding carboxylic acids is 1. The molecule has 3 N–H and O–H groups in total. The molecule has 3 rings (SSSR count). The lowest BCUT2D eigenvalue weighted by molar-refractivity contribution is 0.0137. The van der Waals surface area contributed by atoms with Crippen molar-refractivity contribution in [2.24, 2.45) is 0 Å². The zero-order chi connectivity index (χ0) is 20.6. The third kappa shape index (κ3) is 5.70. The molecule has 0 spiro atoms. The van der Waals surface area contributed by atoms with Gasteiger partial charge in [-0.05, 0) is 46.5 Å². The van der Waals surface area contributed by atoms with Gasteiger partial charge in [0, 0.05) is 6.54 Å². The lowest BCUT2D eigenvalue weighted by Crippen LogP contribution is -2.29. The molecule has 29 heavy (non-hydrogen) atoms. The first-order chi connectivity index (χ1) is 14.1. The summed E-state index contributed by atoms with van der Waals surface area (Å²) in [5, 5.41) is 25.2. The van der Waals surface area contributed by atoms with Crippen LogP contribution in [0.1, 0.15) is 23.7 Å². The molecule has 6 nitrogen and oxygen atoms in total. The Morgan fingerprint density at radius 3 is 2.48 bits per heavy atom. The normalized spacial score (nSPS) is 12.9. The van der Waals surface area contributed by atoms with E-state index in [0.29, 0.717) is 5.56 Å². The van der Waals surface area contributed by atoms with E-state index in [1.165, 1.54) is 0 Å². The van der Waals surface area contributed by atoms with E-state index in [1.54, 1.807) is 13.2 Å². The fourth-order valence-corrected chi connectivity index (χ4v) is 3.03. The number of rotatable bonds is 8. The maximum absolute atomic E-state index is 11.7. The number of hydrogen-bond acceptors (Lipinski definition) is 5. The summed E-state index contributed by atoms with van der Waals surface area (Å²) in [7, 11) is 1.61. The SMILES string of the molecule is COc1ccc2cc(C(O)C(O)CCNC(=O)OCc3ccccc3)ccc2c1. The van der Waals surface area contributed by atoms with Crippen LogP contribution in [0.3, 0.4) is 0 Å². The van der Waals surface area contributed by atoms with E-state index in [-0.39, 0.29) is 19.6 Å². The second-order valence-corrected chi connectivity index (χ2v) is 6.76. The number of alkyl carbamates (subject to hydrolysis) is 1. The first-order valence-electron chi connectivity index (χ1n) is 9.45. The van der Waals surface area contributed by atoms with Crippen LogP contribution in [0, 0.1) is 0 Å². The lowest BCUT2D eigenvalue weighted by atomic mass is 9.99. The zero-order valence-corrected chi connectivity index (χ0v) is 16.2. The van der Waals surface area contributed by atoms with E-state index < -0.39 is 18.3 Å². The summed E-state index contributed by atoms with van der Waals surface area (Å²) in [6.45, 7) is 0.371. The molecule has 152 valence electrons. The number of aliphatic hydroxyl groups is 2. The van der Waals surface area contributed by atoms with E-state index >= 15 is 0 Å². The highest BCUT2D eigenvalue weighted by molar-refractivity contribution is 5.84. The highest BCUT2D eigenvalue weighted by Crippen LogP contribution is 2.26. The van der Waals surface area contributed by atoms with Crippen molar-refractivity contribution in [2.45, 2.75) is 25.2 Å². The van der Waals surface area contributed by atoms with Gasteiger partial charge in [-0.3, -0.25) is 0 Å². The van der Waals surface area contributed by atoms with Gasteiger partial charge in [-0.15, -0.1) is 0 Å². The first-order valence-corrected chi connectivity index (χ1v) is 9.45. The Balaban J connectivity index is 1.48. The van der Waals surface area contributed by atoms with Crippen molar-refractivity contribution >= 4 is 16.9 Å². The van der Waals surface area contributed by atoms with Crippen molar-refractivity contribution in [3.8, 4) is 5.75 Å². The maximum atomic E-state index is 11.7. The molecular weight excluding hydrogens is 370 g/mol. The van der Waals surface area contributed by atoms with Crippen LogP contribution in [0.25, 0.3) is 10.8 Å². The minimum Gasteiger partial charge on any atom is -0.497 e. The number of hydrogen-bond donors (Lipinski definition) is 3. The highest BCUT2D eigenvalue weighted by Gasteiger charge is 2.19. The minimum atomic E-state index is -1.05. The summed E-state index contributed by atoms with van der Waals surface area (Å²) < 4.78 is 10.3. The fourth-order valence-electron chi connectivity index (χ4n) is 3.03.